The van der Waals surface area contributed by atoms with Gasteiger partial charge in [0.1, 0.15) is 23.0 Å². The zero-order valence-corrected chi connectivity index (χ0v) is 52.1. The summed E-state index contributed by atoms with van der Waals surface area (Å²) in [5.41, 5.74) is 9.05. The van der Waals surface area contributed by atoms with Crippen molar-refractivity contribution < 1.29 is 29.8 Å². The van der Waals surface area contributed by atoms with Crippen LogP contribution < -0.4 is 50.8 Å². The van der Waals surface area contributed by atoms with E-state index < -0.39 is 15.8 Å². The van der Waals surface area contributed by atoms with Gasteiger partial charge in [0.15, 0.2) is 0 Å². The van der Waals surface area contributed by atoms with Gasteiger partial charge in [-0.1, -0.05) is 181 Å². The summed E-state index contributed by atoms with van der Waals surface area (Å²) in [7, 11) is -0.633. The second-order valence-electron chi connectivity index (χ2n) is 18.5. The fourth-order valence-electron chi connectivity index (χ4n) is 9.79. The molecule has 0 unspecified atom stereocenters. The molecule has 4 nitrogen and oxygen atoms in total. The molecule has 0 saturated carbocycles. The van der Waals surface area contributed by atoms with Gasteiger partial charge < -0.3 is 18.9 Å². The molecule has 8 aromatic rings. The monoisotopic (exact) mass is 1330 g/mol. The molecular weight excluding hydrogens is 1270 g/mol. The van der Waals surface area contributed by atoms with Gasteiger partial charge in [-0.3, -0.25) is 0 Å². The SMILES string of the molecule is CCCOc1c2cc(Br)cc1Cc1cc(P(c3ccccc3)c3ccccc3)cc(c1OCCC)Cc1cc(Br)cc(c1OCCC)Cc1cc(P(c3ccccc3)c3ccccc3)cc(c1OCCC)C2.[Br][Ni][Br]. The van der Waals surface area contributed by atoms with Gasteiger partial charge in [-0.2, -0.15) is 0 Å². The Morgan fingerprint density at radius 3 is 0.733 bits per heavy atom. The molecule has 0 amide bonds. The van der Waals surface area contributed by atoms with Gasteiger partial charge >= 0.3 is 39.3 Å². The third kappa shape index (κ3) is 14.9. The molecule has 0 aliphatic heterocycles. The van der Waals surface area contributed by atoms with Crippen molar-refractivity contribution in [1.82, 2.24) is 0 Å². The molecule has 0 fully saturated rings. The van der Waals surface area contributed by atoms with Crippen LogP contribution in [0.4, 0.5) is 0 Å². The molecule has 392 valence electrons. The summed E-state index contributed by atoms with van der Waals surface area (Å²) in [5, 5.41) is 7.78. The van der Waals surface area contributed by atoms with Crippen molar-refractivity contribution in [1.29, 1.82) is 0 Å². The van der Waals surface area contributed by atoms with Gasteiger partial charge in [-0.25, -0.2) is 0 Å². The average Bonchev–Trinajstić information content (AvgIpc) is 3.41. The summed E-state index contributed by atoms with van der Waals surface area (Å²) < 4.78 is 30.1. The summed E-state index contributed by atoms with van der Waals surface area (Å²) in [6, 6.07) is 62.9. The Bertz CT molecular complexity index is 2710. The Balaban J connectivity index is 0.00000243. The Labute approximate surface area is 485 Å². The fourth-order valence-corrected chi connectivity index (χ4v) is 15.7. The van der Waals surface area contributed by atoms with Crippen LogP contribution in [0.3, 0.4) is 0 Å². The van der Waals surface area contributed by atoms with Gasteiger partial charge in [0.25, 0.3) is 0 Å². The van der Waals surface area contributed by atoms with Crippen LogP contribution in [-0.4, -0.2) is 26.4 Å². The Kier molecular flexibility index (Phi) is 22.4. The summed E-state index contributed by atoms with van der Waals surface area (Å²) >= 11 is 14.1. The third-order valence-electron chi connectivity index (χ3n) is 12.8. The van der Waals surface area contributed by atoms with E-state index in [1.54, 1.807) is 0 Å². The second kappa shape index (κ2) is 29.3. The van der Waals surface area contributed by atoms with Crippen LogP contribution in [0.2, 0.25) is 0 Å². The van der Waals surface area contributed by atoms with Gasteiger partial charge in [0.05, 0.1) is 26.4 Å². The van der Waals surface area contributed by atoms with Gasteiger partial charge in [-0.15, -0.1) is 0 Å². The zero-order valence-electron chi connectivity index (χ0n) is 43.0. The molecule has 0 atom stereocenters. The minimum absolute atomic E-state index is 0.598. The Hall–Kier alpha value is -3.77. The van der Waals surface area contributed by atoms with Crippen LogP contribution in [0.25, 0.3) is 0 Å². The summed E-state index contributed by atoms with van der Waals surface area (Å²) in [5.74, 6) is 3.74. The first-order chi connectivity index (χ1) is 36.8. The van der Waals surface area contributed by atoms with Crippen LogP contribution in [0.1, 0.15) is 97.9 Å². The number of benzene rings is 8. The third-order valence-corrected chi connectivity index (χ3v) is 18.5. The predicted molar refractivity (Wildman–Crippen MR) is 331 cm³/mol. The molecule has 0 radical (unpaired) electrons. The summed E-state index contributed by atoms with van der Waals surface area (Å²) in [6.07, 6.45) is 5.98. The molecule has 1 aliphatic rings. The fraction of sp³-hybridized carbons (Fsp3) is 0.250. The van der Waals surface area contributed by atoms with Crippen molar-refractivity contribution in [3.8, 4) is 23.0 Å². The summed E-state index contributed by atoms with van der Waals surface area (Å²) in [6.45, 7) is 11.1. The standard InChI is InChI=1S/C64H64Br2O4P2.2BrH.Ni/c1-5-29-67-61-45-33-49-41-59(71(55-21-13-9-14-22-55)56-23-15-10-16-24-56)43-51(63(49)69-31-7-3)35-47-39-54(66)40-48(62(47)68-30-6-2)36-52-44-60(72(57-25-17-11-18-26-57)58-27-19-12-20-28-58)42-50(64(52)70-32-8-4)34-46(61)38-53(65)37-45;;;/h9-28,37-44H,5-8,29-36H2,1-4H3;2*1H;/q;;;+2/p-2. The molecule has 0 saturated heterocycles. The van der Waals surface area contributed by atoms with Gasteiger partial charge in [-0.05, 0) is 144 Å². The van der Waals surface area contributed by atoms with E-state index >= 15 is 0 Å². The first-order valence-electron chi connectivity index (χ1n) is 25.8. The van der Waals surface area contributed by atoms with Crippen molar-refractivity contribution in [2.45, 2.75) is 79.1 Å². The number of halogens is 4. The maximum absolute atomic E-state index is 7.04. The van der Waals surface area contributed by atoms with Crippen LogP contribution in [0, 0.1) is 0 Å². The quantitative estimate of drug-likeness (QED) is 0.0634. The summed E-state index contributed by atoms with van der Waals surface area (Å²) in [4.78, 5) is 0. The van der Waals surface area contributed by atoms with Crippen molar-refractivity contribution in [3.05, 3.63) is 223 Å². The molecule has 1 aliphatic carbocycles. The second-order valence-corrected chi connectivity index (χ2v) is 29.7. The normalized spacial score (nSPS) is 12.0. The first kappa shape index (κ1) is 57.4. The molecule has 0 spiro atoms. The number of rotatable bonds is 18. The van der Waals surface area contributed by atoms with Crippen molar-refractivity contribution in [2.24, 2.45) is 0 Å². The molecule has 8 bridgehead atoms. The van der Waals surface area contributed by atoms with Gasteiger partial charge in [0.2, 0.25) is 0 Å². The topological polar surface area (TPSA) is 36.9 Å². The van der Waals surface area contributed by atoms with E-state index in [1.807, 2.05) is 0 Å². The number of hydrogen-bond acceptors (Lipinski definition) is 4. The van der Waals surface area contributed by atoms with E-state index in [-0.39, 0.29) is 0 Å². The van der Waals surface area contributed by atoms with E-state index in [2.05, 4.69) is 258 Å². The van der Waals surface area contributed by atoms with Crippen LogP contribution in [-0.2, 0) is 36.6 Å². The zero-order chi connectivity index (χ0) is 52.5. The molecule has 9 rings (SSSR count). The van der Waals surface area contributed by atoms with Crippen LogP contribution in [0.15, 0.2) is 179 Å². The number of hydrogen-bond donors (Lipinski definition) is 0. The van der Waals surface area contributed by atoms with E-state index in [0.717, 1.165) is 102 Å². The molecule has 0 N–H and O–H groups in total. The molecule has 11 heteroatoms. The molecule has 75 heavy (non-hydrogen) atoms. The number of fused-ring (bicyclic) bond motifs is 8. The van der Waals surface area contributed by atoms with Gasteiger partial charge in [0, 0.05) is 56.9 Å². The van der Waals surface area contributed by atoms with Crippen LogP contribution in [0.5, 0.6) is 23.0 Å². The van der Waals surface area contributed by atoms with Crippen LogP contribution >= 0.6 is 76.2 Å². The molecular formula is C64H64Br4NiO4P2. The van der Waals surface area contributed by atoms with Crippen molar-refractivity contribution in [3.63, 3.8) is 0 Å². The number of ether oxygens (including phenoxy) is 4. The first-order valence-corrected chi connectivity index (χ1v) is 35.0. The Morgan fingerprint density at radius 1 is 0.333 bits per heavy atom. The maximum atomic E-state index is 7.04. The molecule has 0 aromatic heterocycles. The average molecular weight is 1340 g/mol. The molecule has 0 heterocycles. The molecule has 8 aromatic carbocycles. The van der Waals surface area contributed by atoms with E-state index in [1.165, 1.54) is 42.7 Å². The van der Waals surface area contributed by atoms with Crippen molar-refractivity contribution in [2.75, 3.05) is 26.4 Å². The van der Waals surface area contributed by atoms with Crippen molar-refractivity contribution >= 4 is 108 Å². The Morgan fingerprint density at radius 2 is 0.533 bits per heavy atom. The van der Waals surface area contributed by atoms with E-state index in [4.69, 9.17) is 18.9 Å². The predicted octanol–water partition coefficient (Wildman–Crippen LogP) is 16.2. The van der Waals surface area contributed by atoms with E-state index in [0.29, 0.717) is 52.1 Å². The minimum atomic E-state index is -0.941. The van der Waals surface area contributed by atoms with E-state index in [9.17, 15) is 0 Å².